The van der Waals surface area contributed by atoms with Crippen molar-refractivity contribution < 1.29 is 0 Å². The number of benzene rings is 4. The first-order chi connectivity index (χ1) is 19.2. The molecule has 0 radical (unpaired) electrons. The van der Waals surface area contributed by atoms with E-state index in [2.05, 4.69) is 146 Å². The van der Waals surface area contributed by atoms with Gasteiger partial charge in [-0.05, 0) is 69.5 Å². The van der Waals surface area contributed by atoms with E-state index in [-0.39, 0.29) is 10.8 Å². The Morgan fingerprint density at radius 3 is 1.90 bits per heavy atom. The molecule has 4 aliphatic carbocycles. The van der Waals surface area contributed by atoms with E-state index in [0.717, 1.165) is 12.8 Å². The van der Waals surface area contributed by atoms with Crippen LogP contribution in [-0.2, 0) is 5.41 Å². The summed E-state index contributed by atoms with van der Waals surface area (Å²) in [5.74, 6) is 0.445. The molecule has 2 atom stereocenters. The minimum atomic E-state index is -0.223. The molecular formula is C38H31N. The van der Waals surface area contributed by atoms with Crippen molar-refractivity contribution in [1.82, 2.24) is 5.32 Å². The first-order valence-corrected chi connectivity index (χ1v) is 14.1. The first-order valence-electron chi connectivity index (χ1n) is 14.1. The molecule has 0 aromatic heterocycles. The highest BCUT2D eigenvalue weighted by molar-refractivity contribution is 5.94. The van der Waals surface area contributed by atoms with Crippen molar-refractivity contribution in [2.75, 3.05) is 0 Å². The van der Waals surface area contributed by atoms with Gasteiger partial charge >= 0.3 is 0 Å². The smallest absolute Gasteiger partial charge is 0.0567 e. The maximum atomic E-state index is 3.84. The molecular weight excluding hydrogens is 470 g/mol. The van der Waals surface area contributed by atoms with Gasteiger partial charge in [0.05, 0.1) is 5.41 Å². The molecule has 4 aromatic carbocycles. The van der Waals surface area contributed by atoms with E-state index in [9.17, 15) is 0 Å². The molecule has 0 saturated carbocycles. The number of allylic oxidation sites excluding steroid dienone is 7. The second-order valence-electron chi connectivity index (χ2n) is 11.6. The van der Waals surface area contributed by atoms with E-state index in [1.165, 1.54) is 55.9 Å². The van der Waals surface area contributed by atoms with Crippen molar-refractivity contribution in [2.24, 2.45) is 5.41 Å². The summed E-state index contributed by atoms with van der Waals surface area (Å²) in [6.07, 6.45) is 13.7. The summed E-state index contributed by atoms with van der Waals surface area (Å²) < 4.78 is 0. The fourth-order valence-corrected chi connectivity index (χ4v) is 8.02. The first kappa shape index (κ1) is 22.6. The number of hydrogen-bond donors (Lipinski definition) is 1. The van der Waals surface area contributed by atoms with E-state index >= 15 is 0 Å². The van der Waals surface area contributed by atoms with Gasteiger partial charge in [0.2, 0.25) is 0 Å². The number of hydrogen-bond acceptors (Lipinski definition) is 1. The molecule has 4 aromatic rings. The van der Waals surface area contributed by atoms with Crippen molar-refractivity contribution in [3.05, 3.63) is 173 Å². The Morgan fingerprint density at radius 1 is 0.667 bits per heavy atom. The number of nitrogens with one attached hydrogen (secondary N) is 1. The second-order valence-corrected chi connectivity index (χ2v) is 11.6. The van der Waals surface area contributed by atoms with Gasteiger partial charge in [-0.15, -0.1) is 0 Å². The number of rotatable bonds is 3. The Labute approximate surface area is 230 Å². The van der Waals surface area contributed by atoms with Gasteiger partial charge in [-0.25, -0.2) is 0 Å². The van der Waals surface area contributed by atoms with Gasteiger partial charge in [-0.3, -0.25) is 0 Å². The summed E-state index contributed by atoms with van der Waals surface area (Å²) in [6, 6.07) is 38.1. The minimum Gasteiger partial charge on any atom is -0.359 e. The lowest BCUT2D eigenvalue weighted by molar-refractivity contribution is 0.315. The second kappa shape index (κ2) is 8.32. The van der Waals surface area contributed by atoms with E-state index in [1.54, 1.807) is 0 Å². The standard InChI is InChI=1S/C38H31N/c1-37-25-29(39-28-21-19-27(20-22-28)26-11-3-2-4-12-26)23-24-33(37)32-15-7-10-18-36(32)38(37)34-16-8-5-13-30(34)31-14-6-9-17-35(31)38/h2-19,21-24,27,39H,20,25H2,1H3/t27-,37?/m0/s1. The molecule has 8 rings (SSSR count). The van der Waals surface area contributed by atoms with Crippen LogP contribution in [0.1, 0.15) is 53.5 Å². The molecule has 1 heteroatoms. The zero-order valence-corrected chi connectivity index (χ0v) is 22.2. The molecule has 0 bridgehead atoms. The van der Waals surface area contributed by atoms with Crippen LogP contribution in [0.15, 0.2) is 145 Å². The lowest BCUT2D eigenvalue weighted by Gasteiger charge is -2.46. The Kier molecular flexibility index (Phi) is 4.82. The average Bonchev–Trinajstić information content (AvgIpc) is 3.42. The molecule has 0 saturated heterocycles. The molecule has 39 heavy (non-hydrogen) atoms. The average molecular weight is 502 g/mol. The Balaban J connectivity index is 1.22. The molecule has 1 unspecified atom stereocenters. The van der Waals surface area contributed by atoms with Gasteiger partial charge in [0, 0.05) is 22.7 Å². The Morgan fingerprint density at radius 2 is 1.26 bits per heavy atom. The molecule has 4 aliphatic rings. The lowest BCUT2D eigenvalue weighted by atomic mass is 9.56. The van der Waals surface area contributed by atoms with Crippen LogP contribution < -0.4 is 5.32 Å². The quantitative estimate of drug-likeness (QED) is 0.295. The van der Waals surface area contributed by atoms with Crippen molar-refractivity contribution >= 4 is 5.57 Å². The highest BCUT2D eigenvalue weighted by Crippen LogP contribution is 2.71. The molecule has 1 N–H and O–H groups in total. The Hall–Kier alpha value is -4.36. The molecule has 0 heterocycles. The maximum absolute atomic E-state index is 3.84. The molecule has 1 spiro atoms. The van der Waals surface area contributed by atoms with Crippen molar-refractivity contribution in [2.45, 2.75) is 31.1 Å². The minimum absolute atomic E-state index is 0.123. The predicted octanol–water partition coefficient (Wildman–Crippen LogP) is 8.91. The maximum Gasteiger partial charge on any atom is 0.0567 e. The zero-order chi connectivity index (χ0) is 26.0. The third-order valence-electron chi connectivity index (χ3n) is 9.62. The van der Waals surface area contributed by atoms with Gasteiger partial charge < -0.3 is 5.32 Å². The third-order valence-corrected chi connectivity index (χ3v) is 9.62. The van der Waals surface area contributed by atoms with Crippen molar-refractivity contribution in [3.63, 3.8) is 0 Å². The molecule has 0 amide bonds. The fourth-order valence-electron chi connectivity index (χ4n) is 8.02. The summed E-state index contributed by atoms with van der Waals surface area (Å²) >= 11 is 0. The summed E-state index contributed by atoms with van der Waals surface area (Å²) in [4.78, 5) is 0. The van der Waals surface area contributed by atoms with Crippen LogP contribution in [0, 0.1) is 5.41 Å². The molecule has 0 fully saturated rings. The largest absolute Gasteiger partial charge is 0.359 e. The van der Waals surface area contributed by atoms with Gasteiger partial charge in [0.1, 0.15) is 0 Å². The number of fused-ring (bicyclic) bond motifs is 10. The van der Waals surface area contributed by atoms with Crippen molar-refractivity contribution in [3.8, 4) is 11.1 Å². The molecule has 0 aliphatic heterocycles. The van der Waals surface area contributed by atoms with Crippen LogP contribution >= 0.6 is 0 Å². The van der Waals surface area contributed by atoms with Crippen LogP contribution in [0.3, 0.4) is 0 Å². The van der Waals surface area contributed by atoms with Crippen LogP contribution in [0.2, 0.25) is 0 Å². The van der Waals surface area contributed by atoms with Gasteiger partial charge in [0.25, 0.3) is 0 Å². The van der Waals surface area contributed by atoms with Gasteiger partial charge in [0.15, 0.2) is 0 Å². The topological polar surface area (TPSA) is 12.0 Å². The van der Waals surface area contributed by atoms with E-state index in [1.807, 2.05) is 0 Å². The van der Waals surface area contributed by atoms with Gasteiger partial charge in [-0.1, -0.05) is 128 Å². The predicted molar refractivity (Wildman–Crippen MR) is 161 cm³/mol. The van der Waals surface area contributed by atoms with Crippen LogP contribution in [0.25, 0.3) is 16.7 Å². The van der Waals surface area contributed by atoms with Crippen LogP contribution in [0.5, 0.6) is 0 Å². The zero-order valence-electron chi connectivity index (χ0n) is 22.2. The SMILES string of the molecule is CC12CC(NC3=CC[C@@H](c4ccccc4)C=C3)=CC=C1c1ccccc1C21c2ccccc2-c2ccccc21. The van der Waals surface area contributed by atoms with Crippen LogP contribution in [-0.4, -0.2) is 0 Å². The Bertz CT molecular complexity index is 1700. The van der Waals surface area contributed by atoms with Crippen molar-refractivity contribution in [1.29, 1.82) is 0 Å². The monoisotopic (exact) mass is 501 g/mol. The summed E-state index contributed by atoms with van der Waals surface area (Å²) in [5.41, 5.74) is 13.4. The summed E-state index contributed by atoms with van der Waals surface area (Å²) in [6.45, 7) is 2.50. The normalized spacial score (nSPS) is 23.2. The lowest BCUT2D eigenvalue weighted by Crippen LogP contribution is -2.43. The molecule has 1 nitrogen and oxygen atoms in total. The van der Waals surface area contributed by atoms with E-state index in [0.29, 0.717) is 5.92 Å². The van der Waals surface area contributed by atoms with E-state index in [4.69, 9.17) is 0 Å². The molecule has 188 valence electrons. The third kappa shape index (κ3) is 3.02. The van der Waals surface area contributed by atoms with Crippen LogP contribution in [0.4, 0.5) is 0 Å². The fraction of sp³-hybridized carbons (Fsp3) is 0.158. The van der Waals surface area contributed by atoms with E-state index < -0.39 is 0 Å². The summed E-state index contributed by atoms with van der Waals surface area (Å²) in [7, 11) is 0. The van der Waals surface area contributed by atoms with Gasteiger partial charge in [-0.2, -0.15) is 0 Å². The summed E-state index contributed by atoms with van der Waals surface area (Å²) in [5, 5.41) is 3.84. The highest BCUT2D eigenvalue weighted by Gasteiger charge is 2.63. The highest BCUT2D eigenvalue weighted by atomic mass is 14.9.